The Kier molecular flexibility index (Phi) is 3.71. The van der Waals surface area contributed by atoms with Crippen molar-refractivity contribution in [3.63, 3.8) is 0 Å². The second-order valence-electron chi connectivity index (χ2n) is 5.89. The molecule has 0 heterocycles. The molecule has 1 saturated carbocycles. The van der Waals surface area contributed by atoms with E-state index in [1.807, 2.05) is 0 Å². The fourth-order valence-corrected chi connectivity index (χ4v) is 2.45. The molecule has 0 radical (unpaired) electrons. The SMILES string of the molecule is CC1(C)CC1CNc1ccc(C(N)=S)c(C(F)(F)F)c1. The summed E-state index contributed by atoms with van der Waals surface area (Å²) in [6, 6.07) is 3.98. The van der Waals surface area contributed by atoms with Gasteiger partial charge < -0.3 is 11.1 Å². The first-order valence-electron chi connectivity index (χ1n) is 6.36. The van der Waals surface area contributed by atoms with E-state index in [-0.39, 0.29) is 10.6 Å². The molecule has 0 aliphatic heterocycles. The number of alkyl halides is 3. The van der Waals surface area contributed by atoms with Crippen molar-refractivity contribution in [2.45, 2.75) is 26.4 Å². The number of nitrogens with two attached hydrogens (primary N) is 1. The van der Waals surface area contributed by atoms with Gasteiger partial charge in [-0.05, 0) is 36.0 Å². The highest BCUT2D eigenvalue weighted by molar-refractivity contribution is 7.80. The van der Waals surface area contributed by atoms with Crippen LogP contribution in [0.3, 0.4) is 0 Å². The highest BCUT2D eigenvalue weighted by atomic mass is 32.1. The van der Waals surface area contributed by atoms with Gasteiger partial charge in [0, 0.05) is 17.8 Å². The van der Waals surface area contributed by atoms with Crippen molar-refractivity contribution in [3.05, 3.63) is 29.3 Å². The number of hydrogen-bond donors (Lipinski definition) is 2. The summed E-state index contributed by atoms with van der Waals surface area (Å²) in [6.45, 7) is 4.98. The molecule has 3 N–H and O–H groups in total. The molecule has 0 spiro atoms. The molecular weight excluding hydrogens is 285 g/mol. The molecule has 6 heteroatoms. The standard InChI is InChI=1S/C14H17F3N2S/c1-13(2)6-8(13)7-19-9-3-4-10(12(18)20)11(5-9)14(15,16)17/h3-5,8,19H,6-7H2,1-2H3,(H2,18,20). The minimum absolute atomic E-state index is 0.134. The molecule has 1 fully saturated rings. The van der Waals surface area contributed by atoms with Gasteiger partial charge in [0.1, 0.15) is 4.99 Å². The van der Waals surface area contributed by atoms with E-state index in [1.165, 1.54) is 6.07 Å². The second kappa shape index (κ2) is 4.91. The predicted octanol–water partition coefficient (Wildman–Crippen LogP) is 3.80. The van der Waals surface area contributed by atoms with Gasteiger partial charge in [-0.2, -0.15) is 13.2 Å². The minimum atomic E-state index is -4.46. The van der Waals surface area contributed by atoms with Crippen molar-refractivity contribution >= 4 is 22.9 Å². The molecule has 2 nitrogen and oxygen atoms in total. The van der Waals surface area contributed by atoms with Gasteiger partial charge in [0.25, 0.3) is 0 Å². The fourth-order valence-electron chi connectivity index (χ4n) is 2.27. The Morgan fingerprint density at radius 1 is 1.45 bits per heavy atom. The Balaban J connectivity index is 2.17. The van der Waals surface area contributed by atoms with E-state index < -0.39 is 11.7 Å². The first-order valence-corrected chi connectivity index (χ1v) is 6.77. The molecule has 0 aromatic heterocycles. The summed E-state index contributed by atoms with van der Waals surface area (Å²) in [6.07, 6.45) is -3.37. The average molecular weight is 302 g/mol. The van der Waals surface area contributed by atoms with Crippen LogP contribution in [0.5, 0.6) is 0 Å². The predicted molar refractivity (Wildman–Crippen MR) is 77.7 cm³/mol. The molecule has 1 aromatic carbocycles. The molecule has 2 rings (SSSR count). The number of anilines is 1. The van der Waals surface area contributed by atoms with E-state index in [4.69, 9.17) is 5.73 Å². The first kappa shape index (κ1) is 15.1. The topological polar surface area (TPSA) is 38.0 Å². The monoisotopic (exact) mass is 302 g/mol. The van der Waals surface area contributed by atoms with E-state index >= 15 is 0 Å². The van der Waals surface area contributed by atoms with Crippen LogP contribution in [0.25, 0.3) is 0 Å². The average Bonchev–Trinajstić information content (AvgIpc) is 2.93. The molecule has 0 bridgehead atoms. The van der Waals surface area contributed by atoms with Crippen molar-refractivity contribution in [1.82, 2.24) is 0 Å². The highest BCUT2D eigenvalue weighted by Gasteiger charge is 2.45. The summed E-state index contributed by atoms with van der Waals surface area (Å²) in [5.74, 6) is 0.507. The van der Waals surface area contributed by atoms with Crippen LogP contribution in [-0.4, -0.2) is 11.5 Å². The van der Waals surface area contributed by atoms with Gasteiger partial charge >= 0.3 is 6.18 Å². The normalized spacial score (nSPS) is 20.6. The number of hydrogen-bond acceptors (Lipinski definition) is 2. The molecule has 1 aliphatic carbocycles. The van der Waals surface area contributed by atoms with Crippen molar-refractivity contribution in [1.29, 1.82) is 0 Å². The molecule has 110 valence electrons. The third-order valence-electron chi connectivity index (χ3n) is 3.86. The molecule has 1 aliphatic rings. The van der Waals surface area contributed by atoms with E-state index in [9.17, 15) is 13.2 Å². The zero-order valence-corrected chi connectivity index (χ0v) is 12.2. The third kappa shape index (κ3) is 3.23. The van der Waals surface area contributed by atoms with E-state index in [1.54, 1.807) is 6.07 Å². The number of nitrogens with one attached hydrogen (secondary N) is 1. The maximum absolute atomic E-state index is 13.0. The Hall–Kier alpha value is -1.30. The summed E-state index contributed by atoms with van der Waals surface area (Å²) in [7, 11) is 0. The van der Waals surface area contributed by atoms with Gasteiger partial charge in [0.2, 0.25) is 0 Å². The van der Waals surface area contributed by atoms with Crippen LogP contribution in [0.1, 0.15) is 31.4 Å². The molecule has 1 unspecified atom stereocenters. The largest absolute Gasteiger partial charge is 0.417 e. The zero-order valence-electron chi connectivity index (χ0n) is 11.3. The van der Waals surface area contributed by atoms with E-state index in [0.717, 1.165) is 12.5 Å². The highest BCUT2D eigenvalue weighted by Crippen LogP contribution is 2.51. The molecule has 1 atom stereocenters. The van der Waals surface area contributed by atoms with Crippen LogP contribution >= 0.6 is 12.2 Å². The molecule has 20 heavy (non-hydrogen) atoms. The van der Waals surface area contributed by atoms with Gasteiger partial charge in [-0.1, -0.05) is 26.1 Å². The second-order valence-corrected chi connectivity index (χ2v) is 6.33. The number of benzene rings is 1. The summed E-state index contributed by atoms with van der Waals surface area (Å²) < 4.78 is 38.9. The summed E-state index contributed by atoms with van der Waals surface area (Å²) in [5.41, 5.74) is 5.15. The van der Waals surface area contributed by atoms with Gasteiger partial charge in [-0.15, -0.1) is 0 Å². The first-order chi connectivity index (χ1) is 9.11. The summed E-state index contributed by atoms with van der Waals surface area (Å²) in [5, 5.41) is 3.06. The van der Waals surface area contributed by atoms with Crippen LogP contribution in [0.2, 0.25) is 0 Å². The number of halogens is 3. The van der Waals surface area contributed by atoms with Crippen molar-refractivity contribution < 1.29 is 13.2 Å². The number of rotatable bonds is 4. The van der Waals surface area contributed by atoms with Crippen LogP contribution < -0.4 is 11.1 Å². The van der Waals surface area contributed by atoms with Crippen molar-refractivity contribution in [2.75, 3.05) is 11.9 Å². The van der Waals surface area contributed by atoms with Crippen LogP contribution in [0, 0.1) is 11.3 Å². The lowest BCUT2D eigenvalue weighted by molar-refractivity contribution is -0.137. The molecular formula is C14H17F3N2S. The fraction of sp³-hybridized carbons (Fsp3) is 0.500. The summed E-state index contributed by atoms with van der Waals surface area (Å²) in [4.78, 5) is -0.243. The Labute approximate surface area is 121 Å². The lowest BCUT2D eigenvalue weighted by Crippen LogP contribution is -2.18. The van der Waals surface area contributed by atoms with Gasteiger partial charge in [-0.3, -0.25) is 0 Å². The van der Waals surface area contributed by atoms with Gasteiger partial charge in [-0.25, -0.2) is 0 Å². The van der Waals surface area contributed by atoms with Crippen LogP contribution in [0.4, 0.5) is 18.9 Å². The van der Waals surface area contributed by atoms with Gasteiger partial charge in [0.05, 0.1) is 5.56 Å². The maximum Gasteiger partial charge on any atom is 0.417 e. The lowest BCUT2D eigenvalue weighted by atomic mass is 10.1. The van der Waals surface area contributed by atoms with Gasteiger partial charge in [0.15, 0.2) is 0 Å². The molecule has 1 aromatic rings. The van der Waals surface area contributed by atoms with E-state index in [0.29, 0.717) is 23.6 Å². The van der Waals surface area contributed by atoms with Crippen molar-refractivity contribution in [2.24, 2.45) is 17.1 Å². The zero-order chi connectivity index (χ0) is 15.1. The summed E-state index contributed by atoms with van der Waals surface area (Å²) >= 11 is 4.67. The number of thiocarbonyl (C=S) groups is 1. The van der Waals surface area contributed by atoms with Crippen molar-refractivity contribution in [3.8, 4) is 0 Å². The molecule has 0 amide bonds. The van der Waals surface area contributed by atoms with E-state index in [2.05, 4.69) is 31.4 Å². The molecule has 0 saturated heterocycles. The smallest absolute Gasteiger partial charge is 0.389 e. The Morgan fingerprint density at radius 2 is 2.05 bits per heavy atom. The minimum Gasteiger partial charge on any atom is -0.389 e. The Bertz CT molecular complexity index is 538. The van der Waals surface area contributed by atoms with Crippen LogP contribution in [0.15, 0.2) is 18.2 Å². The quantitative estimate of drug-likeness (QED) is 0.831. The Morgan fingerprint density at radius 3 is 2.50 bits per heavy atom. The maximum atomic E-state index is 13.0. The third-order valence-corrected chi connectivity index (χ3v) is 4.08. The van der Waals surface area contributed by atoms with Crippen LogP contribution in [-0.2, 0) is 6.18 Å². The lowest BCUT2D eigenvalue weighted by Gasteiger charge is -2.15.